The van der Waals surface area contributed by atoms with Gasteiger partial charge >= 0.3 is 0 Å². The van der Waals surface area contributed by atoms with E-state index in [1.807, 2.05) is 0 Å². The average Bonchev–Trinajstić information content (AvgIpc) is 2.16. The Kier molecular flexibility index (Phi) is 4.05. The van der Waals surface area contributed by atoms with Crippen molar-refractivity contribution >= 4 is 5.78 Å². The summed E-state index contributed by atoms with van der Waals surface area (Å²) in [6, 6.07) is 3.38. The van der Waals surface area contributed by atoms with E-state index >= 15 is 0 Å². The van der Waals surface area contributed by atoms with Crippen LogP contribution in [0.3, 0.4) is 0 Å². The van der Waals surface area contributed by atoms with Gasteiger partial charge in [0.15, 0.2) is 5.78 Å². The molecule has 1 aromatic heterocycles. The first-order valence-electron chi connectivity index (χ1n) is 5.48. The summed E-state index contributed by atoms with van der Waals surface area (Å²) < 4.78 is 5.51. The highest BCUT2D eigenvalue weighted by Gasteiger charge is 2.10. The lowest BCUT2D eigenvalue weighted by Crippen LogP contribution is -2.11. The molecule has 0 fully saturated rings. The van der Waals surface area contributed by atoms with E-state index in [0.717, 1.165) is 6.42 Å². The molecular weight excluding hydrogens is 202 g/mol. The fraction of sp³-hybridized carbons (Fsp3) is 0.538. The number of ketones is 1. The van der Waals surface area contributed by atoms with Gasteiger partial charge in [0.1, 0.15) is 0 Å². The first kappa shape index (κ1) is 12.7. The highest BCUT2D eigenvalue weighted by molar-refractivity contribution is 5.94. The Morgan fingerprint density at radius 3 is 2.69 bits per heavy atom. The summed E-state index contributed by atoms with van der Waals surface area (Å²) in [5.74, 6) is 0.556. The second kappa shape index (κ2) is 5.10. The average molecular weight is 221 g/mol. The van der Waals surface area contributed by atoms with E-state index in [2.05, 4.69) is 25.8 Å². The van der Waals surface area contributed by atoms with Gasteiger partial charge < -0.3 is 4.74 Å². The maximum absolute atomic E-state index is 11.1. The molecule has 0 aliphatic rings. The first-order chi connectivity index (χ1) is 7.38. The van der Waals surface area contributed by atoms with Gasteiger partial charge in [-0.1, -0.05) is 20.8 Å². The Hall–Kier alpha value is -1.38. The van der Waals surface area contributed by atoms with Crippen molar-refractivity contribution in [2.75, 3.05) is 6.61 Å². The second-order valence-electron chi connectivity index (χ2n) is 5.10. The molecular formula is C13H19NO2. The van der Waals surface area contributed by atoms with E-state index in [9.17, 15) is 4.79 Å². The molecule has 1 heterocycles. The molecule has 0 amide bonds. The molecule has 3 heteroatoms. The molecule has 0 radical (unpaired) electrons. The Labute approximate surface area is 96.8 Å². The Balaban J connectivity index is 2.55. The second-order valence-corrected chi connectivity index (χ2v) is 5.10. The van der Waals surface area contributed by atoms with Crippen LogP contribution in [0.1, 0.15) is 44.5 Å². The molecule has 0 saturated carbocycles. The van der Waals surface area contributed by atoms with Crippen molar-refractivity contribution in [1.29, 1.82) is 0 Å². The molecule has 0 saturated heterocycles. The van der Waals surface area contributed by atoms with E-state index in [1.54, 1.807) is 18.3 Å². The third-order valence-electron chi connectivity index (χ3n) is 2.24. The summed E-state index contributed by atoms with van der Waals surface area (Å²) >= 11 is 0. The molecule has 0 unspecified atom stereocenters. The number of aromatic nitrogens is 1. The molecule has 1 aromatic rings. The lowest BCUT2D eigenvalue weighted by atomic mass is 9.93. The fourth-order valence-electron chi connectivity index (χ4n) is 1.17. The van der Waals surface area contributed by atoms with Crippen LogP contribution in [-0.4, -0.2) is 17.4 Å². The van der Waals surface area contributed by atoms with Gasteiger partial charge in [0, 0.05) is 17.8 Å². The number of nitrogens with zero attached hydrogens (tertiary/aromatic N) is 1. The quantitative estimate of drug-likeness (QED) is 0.733. The van der Waals surface area contributed by atoms with Crippen LogP contribution in [-0.2, 0) is 0 Å². The third kappa shape index (κ3) is 4.43. The standard InChI is InChI=1S/C13H19NO2/c1-10(15)11-5-7-14-12(9-11)16-8-6-13(2,3)4/h5,7,9H,6,8H2,1-4H3. The van der Waals surface area contributed by atoms with E-state index in [0.29, 0.717) is 18.1 Å². The molecule has 0 N–H and O–H groups in total. The number of Topliss-reactive ketones (excluding diaryl/α,β-unsaturated/α-hetero) is 1. The van der Waals surface area contributed by atoms with E-state index < -0.39 is 0 Å². The van der Waals surface area contributed by atoms with Crippen LogP contribution >= 0.6 is 0 Å². The SMILES string of the molecule is CC(=O)c1ccnc(OCCC(C)(C)C)c1. The van der Waals surface area contributed by atoms with E-state index in [-0.39, 0.29) is 11.2 Å². The zero-order chi connectivity index (χ0) is 12.2. The first-order valence-corrected chi connectivity index (χ1v) is 5.48. The minimum Gasteiger partial charge on any atom is -0.478 e. The normalized spacial score (nSPS) is 11.2. The fourth-order valence-corrected chi connectivity index (χ4v) is 1.17. The van der Waals surface area contributed by atoms with Crippen LogP contribution in [0, 0.1) is 5.41 Å². The number of hydrogen-bond acceptors (Lipinski definition) is 3. The number of carbonyl (C=O) groups is 1. The molecule has 16 heavy (non-hydrogen) atoms. The topological polar surface area (TPSA) is 39.2 Å². The monoisotopic (exact) mass is 221 g/mol. The Morgan fingerprint density at radius 2 is 2.12 bits per heavy atom. The zero-order valence-electron chi connectivity index (χ0n) is 10.4. The maximum Gasteiger partial charge on any atom is 0.213 e. The van der Waals surface area contributed by atoms with Crippen molar-refractivity contribution in [2.24, 2.45) is 5.41 Å². The van der Waals surface area contributed by atoms with Gasteiger partial charge in [-0.05, 0) is 24.8 Å². The van der Waals surface area contributed by atoms with Crippen LogP contribution in [0.25, 0.3) is 0 Å². The molecule has 88 valence electrons. The van der Waals surface area contributed by atoms with Crippen molar-refractivity contribution in [2.45, 2.75) is 34.1 Å². The lowest BCUT2D eigenvalue weighted by molar-refractivity contribution is 0.101. The third-order valence-corrected chi connectivity index (χ3v) is 2.24. The van der Waals surface area contributed by atoms with Gasteiger partial charge in [-0.3, -0.25) is 4.79 Å². The summed E-state index contributed by atoms with van der Waals surface area (Å²) in [5, 5.41) is 0. The smallest absolute Gasteiger partial charge is 0.213 e. The van der Waals surface area contributed by atoms with Crippen LogP contribution in [0.4, 0.5) is 0 Å². The van der Waals surface area contributed by atoms with Crippen molar-refractivity contribution < 1.29 is 9.53 Å². The Bertz CT molecular complexity index is 366. The Morgan fingerprint density at radius 1 is 1.44 bits per heavy atom. The van der Waals surface area contributed by atoms with Gasteiger partial charge in [-0.25, -0.2) is 4.98 Å². The highest BCUT2D eigenvalue weighted by Crippen LogP contribution is 2.19. The molecule has 0 atom stereocenters. The van der Waals surface area contributed by atoms with E-state index in [4.69, 9.17) is 4.74 Å². The van der Waals surface area contributed by atoms with Crippen molar-refractivity contribution in [1.82, 2.24) is 4.98 Å². The molecule has 3 nitrogen and oxygen atoms in total. The predicted octanol–water partition coefficient (Wildman–Crippen LogP) is 3.10. The van der Waals surface area contributed by atoms with Gasteiger partial charge in [0.05, 0.1) is 6.61 Å². The van der Waals surface area contributed by atoms with Gasteiger partial charge in [-0.2, -0.15) is 0 Å². The number of ether oxygens (including phenoxy) is 1. The highest BCUT2D eigenvalue weighted by atomic mass is 16.5. The number of rotatable bonds is 4. The summed E-state index contributed by atoms with van der Waals surface area (Å²) in [6.45, 7) is 8.65. The summed E-state index contributed by atoms with van der Waals surface area (Å²) in [7, 11) is 0. The zero-order valence-corrected chi connectivity index (χ0v) is 10.4. The number of carbonyl (C=O) groups excluding carboxylic acids is 1. The summed E-state index contributed by atoms with van der Waals surface area (Å²) in [4.78, 5) is 15.2. The van der Waals surface area contributed by atoms with E-state index in [1.165, 1.54) is 6.92 Å². The van der Waals surface area contributed by atoms with Gasteiger partial charge in [-0.15, -0.1) is 0 Å². The minimum atomic E-state index is 0.0306. The molecule has 0 spiro atoms. The van der Waals surface area contributed by atoms with Crippen molar-refractivity contribution in [3.8, 4) is 5.88 Å². The number of hydrogen-bond donors (Lipinski definition) is 0. The van der Waals surface area contributed by atoms with Crippen LogP contribution in [0.5, 0.6) is 5.88 Å². The summed E-state index contributed by atoms with van der Waals surface area (Å²) in [6.07, 6.45) is 2.56. The van der Waals surface area contributed by atoms with Gasteiger partial charge in [0.25, 0.3) is 0 Å². The molecule has 1 rings (SSSR count). The largest absolute Gasteiger partial charge is 0.478 e. The lowest BCUT2D eigenvalue weighted by Gasteiger charge is -2.17. The molecule has 0 aliphatic carbocycles. The molecule has 0 aliphatic heterocycles. The molecule has 0 bridgehead atoms. The van der Waals surface area contributed by atoms with Gasteiger partial charge in [0.2, 0.25) is 5.88 Å². The van der Waals surface area contributed by atoms with Crippen LogP contribution in [0.2, 0.25) is 0 Å². The maximum atomic E-state index is 11.1. The van der Waals surface area contributed by atoms with Crippen molar-refractivity contribution in [3.05, 3.63) is 23.9 Å². The van der Waals surface area contributed by atoms with Crippen LogP contribution in [0.15, 0.2) is 18.3 Å². The van der Waals surface area contributed by atoms with Crippen LogP contribution < -0.4 is 4.74 Å². The number of pyridine rings is 1. The van der Waals surface area contributed by atoms with Crippen molar-refractivity contribution in [3.63, 3.8) is 0 Å². The predicted molar refractivity (Wildman–Crippen MR) is 63.8 cm³/mol. The summed E-state index contributed by atoms with van der Waals surface area (Å²) in [5.41, 5.74) is 0.888. The minimum absolute atomic E-state index is 0.0306. The molecule has 0 aromatic carbocycles.